The van der Waals surface area contributed by atoms with E-state index in [4.69, 9.17) is 14.6 Å². The van der Waals surface area contributed by atoms with Gasteiger partial charge >= 0.3 is 6.09 Å². The van der Waals surface area contributed by atoms with Gasteiger partial charge in [0.2, 0.25) is 0 Å². The Kier molecular flexibility index (Phi) is 8.88. The molecule has 0 aliphatic carbocycles. The zero-order valence-electron chi connectivity index (χ0n) is 13.5. The summed E-state index contributed by atoms with van der Waals surface area (Å²) < 4.78 is 34.4. The van der Waals surface area contributed by atoms with Crippen molar-refractivity contribution >= 4 is 15.9 Å². The molecule has 0 aromatic heterocycles. The fourth-order valence-corrected chi connectivity index (χ4v) is 3.72. The Hall–Kier alpha value is -0.628. The molecular formula is C15H20NO7SU-. The summed E-state index contributed by atoms with van der Waals surface area (Å²) in [5.41, 5.74) is 0. The first-order valence-electron chi connectivity index (χ1n) is 7.36. The normalized spacial score (nSPS) is 24.2. The van der Waals surface area contributed by atoms with Gasteiger partial charge in [0, 0.05) is 31.1 Å². The summed E-state index contributed by atoms with van der Waals surface area (Å²) in [6, 6.07) is 7.03. The number of carbonyl (C=O) groups is 1. The van der Waals surface area contributed by atoms with Crippen LogP contribution in [0.4, 0.5) is 4.79 Å². The number of ether oxygens (including phenoxy) is 2. The molecule has 0 bridgehead atoms. The SMILES string of the molecule is CC(CS(=O)(=O)c1ccccc1)OC(=O)NC1[CH-]O[C@H](CO)C1O.[U]. The molecule has 4 atom stereocenters. The van der Waals surface area contributed by atoms with Crippen molar-refractivity contribution < 1.29 is 64.0 Å². The molecule has 1 aromatic carbocycles. The van der Waals surface area contributed by atoms with Crippen molar-refractivity contribution in [1.82, 2.24) is 5.32 Å². The van der Waals surface area contributed by atoms with Crippen molar-refractivity contribution in [2.45, 2.75) is 36.2 Å². The van der Waals surface area contributed by atoms with Gasteiger partial charge in [0.25, 0.3) is 0 Å². The average molecular weight is 596 g/mol. The van der Waals surface area contributed by atoms with Gasteiger partial charge in [-0.15, -0.1) is 0 Å². The zero-order valence-corrected chi connectivity index (χ0v) is 18.5. The van der Waals surface area contributed by atoms with Gasteiger partial charge in [0.05, 0.1) is 29.5 Å². The first-order chi connectivity index (χ1) is 11.3. The predicted molar refractivity (Wildman–Crippen MR) is 83.6 cm³/mol. The Labute approximate surface area is 170 Å². The molecule has 2 rings (SSSR count). The van der Waals surface area contributed by atoms with Crippen LogP contribution < -0.4 is 5.32 Å². The topological polar surface area (TPSA) is 122 Å². The first kappa shape index (κ1) is 22.4. The molecule has 1 saturated heterocycles. The van der Waals surface area contributed by atoms with Gasteiger partial charge in [-0.1, -0.05) is 18.2 Å². The van der Waals surface area contributed by atoms with Crippen LogP contribution in [0.1, 0.15) is 6.92 Å². The van der Waals surface area contributed by atoms with Gasteiger partial charge < -0.3 is 25.0 Å². The van der Waals surface area contributed by atoms with Crippen LogP contribution in [0.5, 0.6) is 0 Å². The third-order valence-electron chi connectivity index (χ3n) is 3.48. The van der Waals surface area contributed by atoms with Crippen LogP contribution >= 0.6 is 0 Å². The van der Waals surface area contributed by atoms with Gasteiger partial charge in [-0.3, -0.25) is 0 Å². The van der Waals surface area contributed by atoms with Gasteiger partial charge in [-0.05, 0) is 25.1 Å². The van der Waals surface area contributed by atoms with E-state index in [1.807, 2.05) is 0 Å². The number of alkyl carbamates (subject to hydrolysis) is 1. The number of aliphatic hydroxyl groups excluding tert-OH is 2. The molecule has 25 heavy (non-hydrogen) atoms. The molecule has 0 spiro atoms. The molecule has 10 heteroatoms. The number of benzene rings is 1. The van der Waals surface area contributed by atoms with Gasteiger partial charge in [0.1, 0.15) is 6.10 Å². The van der Waals surface area contributed by atoms with Crippen molar-refractivity contribution in [2.75, 3.05) is 12.4 Å². The molecule has 1 aromatic rings. The largest absolute Gasteiger partial charge is 0.544 e. The minimum absolute atomic E-state index is 0. The van der Waals surface area contributed by atoms with Crippen LogP contribution in [0.15, 0.2) is 35.2 Å². The number of amides is 1. The molecule has 1 amide bonds. The van der Waals surface area contributed by atoms with E-state index in [-0.39, 0.29) is 41.8 Å². The number of aliphatic hydroxyl groups is 2. The first-order valence-corrected chi connectivity index (χ1v) is 9.01. The van der Waals surface area contributed by atoms with Crippen LogP contribution in [0.2, 0.25) is 0 Å². The molecule has 138 valence electrons. The molecule has 0 radical (unpaired) electrons. The Bertz CT molecular complexity index is 655. The fourth-order valence-electron chi connectivity index (χ4n) is 2.27. The zero-order chi connectivity index (χ0) is 17.7. The molecule has 1 heterocycles. The molecule has 1 fully saturated rings. The number of carbonyl (C=O) groups excluding carboxylic acids is 1. The molecular weight excluding hydrogens is 576 g/mol. The fraction of sp³-hybridized carbons (Fsp3) is 0.467. The van der Waals surface area contributed by atoms with E-state index in [1.165, 1.54) is 25.7 Å². The van der Waals surface area contributed by atoms with Crippen LogP contribution in [0, 0.1) is 37.7 Å². The maximum absolute atomic E-state index is 12.2. The van der Waals surface area contributed by atoms with E-state index in [0.717, 1.165) is 0 Å². The molecule has 3 unspecified atom stereocenters. The van der Waals surface area contributed by atoms with Crippen molar-refractivity contribution in [1.29, 1.82) is 0 Å². The van der Waals surface area contributed by atoms with Crippen molar-refractivity contribution in [3.8, 4) is 0 Å². The Morgan fingerprint density at radius 2 is 2.04 bits per heavy atom. The predicted octanol–water partition coefficient (Wildman–Crippen LogP) is -0.143. The monoisotopic (exact) mass is 596 g/mol. The van der Waals surface area contributed by atoms with Gasteiger partial charge in [0.15, 0.2) is 9.84 Å². The second kappa shape index (κ2) is 9.90. The summed E-state index contributed by atoms with van der Waals surface area (Å²) in [5, 5.41) is 21.1. The molecule has 3 N–H and O–H groups in total. The molecule has 0 saturated carbocycles. The summed E-state index contributed by atoms with van der Waals surface area (Å²) in [6.45, 7) is 2.26. The van der Waals surface area contributed by atoms with E-state index >= 15 is 0 Å². The van der Waals surface area contributed by atoms with Crippen LogP contribution in [-0.4, -0.2) is 61.4 Å². The molecule has 1 aliphatic heterocycles. The Morgan fingerprint density at radius 1 is 1.40 bits per heavy atom. The van der Waals surface area contributed by atoms with E-state index in [9.17, 15) is 18.3 Å². The van der Waals surface area contributed by atoms with Gasteiger partial charge in [-0.25, -0.2) is 13.2 Å². The quantitative estimate of drug-likeness (QED) is 0.391. The van der Waals surface area contributed by atoms with Crippen LogP contribution in [0.25, 0.3) is 0 Å². The number of nitrogens with one attached hydrogen (secondary N) is 1. The van der Waals surface area contributed by atoms with Crippen LogP contribution in [-0.2, 0) is 19.3 Å². The number of sulfone groups is 1. The smallest absolute Gasteiger partial charge is 0.405 e. The summed E-state index contributed by atoms with van der Waals surface area (Å²) in [4.78, 5) is 11.9. The number of rotatable bonds is 6. The maximum Gasteiger partial charge on any atom is 0.405 e. The summed E-state index contributed by atoms with van der Waals surface area (Å²) in [5.74, 6) is -0.364. The van der Waals surface area contributed by atoms with E-state index in [2.05, 4.69) is 5.32 Å². The second-order valence-electron chi connectivity index (χ2n) is 5.46. The average Bonchev–Trinajstić information content (AvgIpc) is 2.87. The summed E-state index contributed by atoms with van der Waals surface area (Å²) in [6.07, 6.45) is -3.69. The summed E-state index contributed by atoms with van der Waals surface area (Å²) in [7, 11) is -3.58. The summed E-state index contributed by atoms with van der Waals surface area (Å²) >= 11 is 0. The van der Waals surface area contributed by atoms with E-state index in [1.54, 1.807) is 18.2 Å². The minimum Gasteiger partial charge on any atom is -0.544 e. The molecule has 8 nitrogen and oxygen atoms in total. The van der Waals surface area contributed by atoms with E-state index in [0.29, 0.717) is 0 Å². The molecule has 1 aliphatic rings. The van der Waals surface area contributed by atoms with E-state index < -0.39 is 46.9 Å². The Morgan fingerprint density at radius 3 is 2.60 bits per heavy atom. The Balaban J connectivity index is 0.00000312. The second-order valence-corrected chi connectivity index (χ2v) is 7.50. The number of hydrogen-bond donors (Lipinski definition) is 3. The standard InChI is InChI=1S/C15H20NO7S.U/c1-10(9-24(20,21)11-5-3-2-4-6-11)23-15(19)16-12-8-22-13(7-17)14(12)18;/h2-6,8,10,12-14,17-18H,7,9H2,1H3,(H,16,19);/q-1;/t10?,12?,13-,14?;/m1./s1. The van der Waals surface area contributed by atoms with Crippen LogP contribution in [0.3, 0.4) is 0 Å². The van der Waals surface area contributed by atoms with Crippen molar-refractivity contribution in [3.63, 3.8) is 0 Å². The van der Waals surface area contributed by atoms with Crippen molar-refractivity contribution in [2.24, 2.45) is 0 Å². The number of hydrogen-bond acceptors (Lipinski definition) is 7. The van der Waals surface area contributed by atoms with Crippen molar-refractivity contribution in [3.05, 3.63) is 36.9 Å². The third-order valence-corrected chi connectivity index (χ3v) is 5.38. The van der Waals surface area contributed by atoms with Gasteiger partial charge in [-0.2, -0.15) is 6.61 Å². The maximum atomic E-state index is 12.2. The third kappa shape index (κ3) is 6.24. The minimum atomic E-state index is -3.58.